The van der Waals surface area contributed by atoms with Gasteiger partial charge in [0.25, 0.3) is 11.5 Å². The summed E-state index contributed by atoms with van der Waals surface area (Å²) >= 11 is 1.28. The van der Waals surface area contributed by atoms with Crippen LogP contribution in [0.15, 0.2) is 4.79 Å². The van der Waals surface area contributed by atoms with Gasteiger partial charge < -0.3 is 10.6 Å². The standard InChI is InChI=1S/C19H24N4O3S/c1-11-14-18(22-13-5-3-2-4-10-23(13)19(14)26)27-15(11)17(25)21-9-8-20-16(24)12-6-7-12/h12H,2-10H2,1H3,(H,20,24)(H,21,25). The summed E-state index contributed by atoms with van der Waals surface area (Å²) in [6.45, 7) is 3.30. The number of hydrogen-bond donors (Lipinski definition) is 2. The van der Waals surface area contributed by atoms with E-state index in [9.17, 15) is 14.4 Å². The van der Waals surface area contributed by atoms with Gasteiger partial charge in [-0.1, -0.05) is 6.42 Å². The number of amides is 2. The molecule has 0 spiro atoms. The van der Waals surface area contributed by atoms with Crippen LogP contribution >= 0.6 is 11.3 Å². The Morgan fingerprint density at radius 2 is 1.96 bits per heavy atom. The minimum Gasteiger partial charge on any atom is -0.354 e. The number of nitrogens with one attached hydrogen (secondary N) is 2. The summed E-state index contributed by atoms with van der Waals surface area (Å²) in [5.41, 5.74) is 0.674. The van der Waals surface area contributed by atoms with Crippen LogP contribution < -0.4 is 16.2 Å². The van der Waals surface area contributed by atoms with Gasteiger partial charge >= 0.3 is 0 Å². The van der Waals surface area contributed by atoms with Crippen molar-refractivity contribution >= 4 is 33.4 Å². The van der Waals surface area contributed by atoms with Crippen molar-refractivity contribution in [1.82, 2.24) is 20.2 Å². The summed E-state index contributed by atoms with van der Waals surface area (Å²) in [5.74, 6) is 0.859. The molecule has 0 radical (unpaired) electrons. The number of aryl methyl sites for hydroxylation is 2. The van der Waals surface area contributed by atoms with Crippen molar-refractivity contribution in [2.75, 3.05) is 13.1 Å². The zero-order valence-electron chi connectivity index (χ0n) is 15.5. The van der Waals surface area contributed by atoms with E-state index in [0.717, 1.165) is 44.3 Å². The topological polar surface area (TPSA) is 93.1 Å². The van der Waals surface area contributed by atoms with Crippen molar-refractivity contribution in [2.24, 2.45) is 5.92 Å². The highest BCUT2D eigenvalue weighted by molar-refractivity contribution is 7.20. The van der Waals surface area contributed by atoms with E-state index in [1.807, 2.05) is 6.92 Å². The first kappa shape index (κ1) is 18.2. The van der Waals surface area contributed by atoms with Crippen molar-refractivity contribution in [3.8, 4) is 0 Å². The van der Waals surface area contributed by atoms with Crippen LogP contribution in [0.1, 0.15) is 53.2 Å². The summed E-state index contributed by atoms with van der Waals surface area (Å²) in [6, 6.07) is 0. The smallest absolute Gasteiger partial charge is 0.262 e. The van der Waals surface area contributed by atoms with E-state index in [0.29, 0.717) is 40.3 Å². The maximum Gasteiger partial charge on any atom is 0.262 e. The fraction of sp³-hybridized carbons (Fsp3) is 0.579. The van der Waals surface area contributed by atoms with Crippen LogP contribution in [-0.2, 0) is 17.8 Å². The second-order valence-electron chi connectivity index (χ2n) is 7.35. The lowest BCUT2D eigenvalue weighted by atomic mass is 10.2. The van der Waals surface area contributed by atoms with Crippen LogP contribution in [0.4, 0.5) is 0 Å². The molecule has 27 heavy (non-hydrogen) atoms. The average Bonchev–Trinajstić information content (AvgIpc) is 3.46. The number of nitrogens with zero attached hydrogens (tertiary/aromatic N) is 2. The molecule has 1 aliphatic carbocycles. The normalized spacial score (nSPS) is 16.6. The molecule has 0 aromatic carbocycles. The highest BCUT2D eigenvalue weighted by atomic mass is 32.1. The number of thiophene rings is 1. The van der Waals surface area contributed by atoms with Crippen LogP contribution in [0.3, 0.4) is 0 Å². The third-order valence-corrected chi connectivity index (χ3v) is 6.46. The van der Waals surface area contributed by atoms with Crippen LogP contribution in [0.5, 0.6) is 0 Å². The van der Waals surface area contributed by atoms with E-state index in [4.69, 9.17) is 4.98 Å². The third-order valence-electron chi connectivity index (χ3n) is 5.28. The SMILES string of the molecule is Cc1c(C(=O)NCCNC(=O)C2CC2)sc2nc3n(c(=O)c12)CCCCC3. The lowest BCUT2D eigenvalue weighted by Crippen LogP contribution is -2.35. The van der Waals surface area contributed by atoms with E-state index in [-0.39, 0.29) is 23.3 Å². The quantitative estimate of drug-likeness (QED) is 0.763. The van der Waals surface area contributed by atoms with Crippen molar-refractivity contribution in [1.29, 1.82) is 0 Å². The Labute approximate surface area is 161 Å². The molecule has 2 aromatic rings. The molecule has 2 aromatic heterocycles. The summed E-state index contributed by atoms with van der Waals surface area (Å²) < 4.78 is 1.78. The zero-order chi connectivity index (χ0) is 19.0. The van der Waals surface area contributed by atoms with E-state index in [1.165, 1.54) is 11.3 Å². The molecule has 8 heteroatoms. The molecule has 4 rings (SSSR count). The van der Waals surface area contributed by atoms with Crippen molar-refractivity contribution in [3.63, 3.8) is 0 Å². The second-order valence-corrected chi connectivity index (χ2v) is 8.35. The van der Waals surface area contributed by atoms with Crippen molar-refractivity contribution in [3.05, 3.63) is 26.6 Å². The summed E-state index contributed by atoms with van der Waals surface area (Å²) in [7, 11) is 0. The molecule has 0 bridgehead atoms. The van der Waals surface area contributed by atoms with Gasteiger partial charge in [0, 0.05) is 32.0 Å². The van der Waals surface area contributed by atoms with E-state index < -0.39 is 0 Å². The minimum absolute atomic E-state index is 0.0265. The Kier molecular flexibility index (Phi) is 4.99. The lowest BCUT2D eigenvalue weighted by Gasteiger charge is -2.08. The van der Waals surface area contributed by atoms with Gasteiger partial charge in [0.2, 0.25) is 5.91 Å². The predicted molar refractivity (Wildman–Crippen MR) is 104 cm³/mol. The molecule has 1 saturated carbocycles. The number of fused-ring (bicyclic) bond motifs is 2. The monoisotopic (exact) mass is 388 g/mol. The molecule has 1 aliphatic heterocycles. The molecule has 2 amide bonds. The fourth-order valence-electron chi connectivity index (χ4n) is 3.56. The lowest BCUT2D eigenvalue weighted by molar-refractivity contribution is -0.122. The van der Waals surface area contributed by atoms with E-state index in [2.05, 4.69) is 10.6 Å². The molecular formula is C19H24N4O3S. The van der Waals surface area contributed by atoms with Gasteiger partial charge in [-0.2, -0.15) is 0 Å². The Morgan fingerprint density at radius 1 is 1.19 bits per heavy atom. The van der Waals surface area contributed by atoms with Crippen molar-refractivity contribution in [2.45, 2.75) is 52.0 Å². The molecule has 7 nitrogen and oxygen atoms in total. The average molecular weight is 388 g/mol. The van der Waals surface area contributed by atoms with Gasteiger partial charge in [-0.25, -0.2) is 4.98 Å². The first-order chi connectivity index (χ1) is 13.1. The number of aromatic nitrogens is 2. The highest BCUT2D eigenvalue weighted by Crippen LogP contribution is 2.29. The van der Waals surface area contributed by atoms with Crippen molar-refractivity contribution < 1.29 is 9.59 Å². The van der Waals surface area contributed by atoms with Gasteiger partial charge in [-0.05, 0) is 38.2 Å². The molecule has 144 valence electrons. The maximum absolute atomic E-state index is 12.9. The first-order valence-corrected chi connectivity index (χ1v) is 10.5. The molecule has 0 unspecified atom stereocenters. The molecule has 1 fully saturated rings. The van der Waals surface area contributed by atoms with E-state index in [1.54, 1.807) is 4.57 Å². The van der Waals surface area contributed by atoms with Crippen LogP contribution in [-0.4, -0.2) is 34.5 Å². The summed E-state index contributed by atoms with van der Waals surface area (Å²) in [5, 5.41) is 6.23. The predicted octanol–water partition coefficient (Wildman–Crippen LogP) is 1.75. The van der Waals surface area contributed by atoms with Gasteiger partial charge in [0.05, 0.1) is 10.3 Å². The van der Waals surface area contributed by atoms with Gasteiger partial charge in [0.15, 0.2) is 0 Å². The second kappa shape index (κ2) is 7.42. The highest BCUT2D eigenvalue weighted by Gasteiger charge is 2.29. The Morgan fingerprint density at radius 3 is 2.74 bits per heavy atom. The van der Waals surface area contributed by atoms with Gasteiger partial charge in [0.1, 0.15) is 10.7 Å². The summed E-state index contributed by atoms with van der Waals surface area (Å²) in [4.78, 5) is 43.0. The Balaban J connectivity index is 1.50. The fourth-order valence-corrected chi connectivity index (χ4v) is 4.67. The number of carbonyl (C=O) groups excluding carboxylic acids is 2. The largest absolute Gasteiger partial charge is 0.354 e. The molecule has 2 N–H and O–H groups in total. The molecular weight excluding hydrogens is 364 g/mol. The Bertz CT molecular complexity index is 958. The zero-order valence-corrected chi connectivity index (χ0v) is 16.3. The molecule has 2 aliphatic rings. The molecule has 0 atom stereocenters. The van der Waals surface area contributed by atoms with Gasteiger partial charge in [-0.15, -0.1) is 11.3 Å². The van der Waals surface area contributed by atoms with E-state index >= 15 is 0 Å². The van der Waals surface area contributed by atoms with Crippen LogP contribution in [0.2, 0.25) is 0 Å². The third kappa shape index (κ3) is 3.63. The van der Waals surface area contributed by atoms with Crippen LogP contribution in [0, 0.1) is 12.8 Å². The maximum atomic E-state index is 12.9. The van der Waals surface area contributed by atoms with Crippen LogP contribution in [0.25, 0.3) is 10.2 Å². The first-order valence-electron chi connectivity index (χ1n) is 9.65. The number of rotatable bonds is 5. The Hall–Kier alpha value is -2.22. The summed E-state index contributed by atoms with van der Waals surface area (Å²) in [6.07, 6.45) is 5.88. The minimum atomic E-state index is -0.212. The number of hydrogen-bond acceptors (Lipinski definition) is 5. The molecule has 3 heterocycles. The molecule has 0 saturated heterocycles. The van der Waals surface area contributed by atoms with Gasteiger partial charge in [-0.3, -0.25) is 19.0 Å². The number of carbonyl (C=O) groups is 2.